The highest BCUT2D eigenvalue weighted by Crippen LogP contribution is 2.47. The maximum Gasteiger partial charge on any atom is 0.134 e. The summed E-state index contributed by atoms with van der Waals surface area (Å²) in [6.07, 6.45) is 22.2. The molecule has 4 aliphatic rings. The van der Waals surface area contributed by atoms with E-state index in [2.05, 4.69) is 13.8 Å². The first-order valence-corrected chi connectivity index (χ1v) is 17.4. The molecule has 0 heterocycles. The second-order valence-corrected chi connectivity index (χ2v) is 14.5. The smallest absolute Gasteiger partial charge is 0.134 e. The fourth-order valence-corrected chi connectivity index (χ4v) is 9.57. The Morgan fingerprint density at radius 1 is 0.474 bits per heavy atom. The molecule has 4 saturated carbocycles. The van der Waals surface area contributed by atoms with E-state index in [0.717, 1.165) is 75.5 Å². The Morgan fingerprint density at radius 3 is 1.74 bits per heavy atom. The molecule has 4 fully saturated rings. The molecular formula is C35H61F3. The van der Waals surface area contributed by atoms with Crippen molar-refractivity contribution in [3.8, 4) is 0 Å². The SMILES string of the molecule is CCCCCC1CCC(C2CCC(CCCC3CCC(C4CCC(CCC)CC4)[C@@H](F)C3F)CC2)CC1F. The lowest BCUT2D eigenvalue weighted by Gasteiger charge is -2.41. The largest absolute Gasteiger partial charge is 0.247 e. The van der Waals surface area contributed by atoms with Gasteiger partial charge in [-0.2, -0.15) is 0 Å². The van der Waals surface area contributed by atoms with E-state index in [-0.39, 0.29) is 11.8 Å². The Bertz CT molecular complexity index is 635. The number of hydrogen-bond acceptors (Lipinski definition) is 0. The van der Waals surface area contributed by atoms with E-state index in [9.17, 15) is 4.39 Å². The summed E-state index contributed by atoms with van der Waals surface area (Å²) in [4.78, 5) is 0. The molecule has 0 N–H and O–H groups in total. The van der Waals surface area contributed by atoms with Crippen LogP contribution in [0.3, 0.4) is 0 Å². The lowest BCUT2D eigenvalue weighted by Crippen LogP contribution is -2.42. The predicted octanol–water partition coefficient (Wildman–Crippen LogP) is 11.6. The number of rotatable bonds is 12. The molecule has 4 aliphatic carbocycles. The van der Waals surface area contributed by atoms with E-state index in [1.165, 1.54) is 83.5 Å². The zero-order valence-electron chi connectivity index (χ0n) is 25.0. The molecule has 0 aromatic carbocycles. The van der Waals surface area contributed by atoms with Crippen molar-refractivity contribution in [3.63, 3.8) is 0 Å². The third-order valence-corrected chi connectivity index (χ3v) is 12.1. The molecule has 0 radical (unpaired) electrons. The molecule has 0 bridgehead atoms. The van der Waals surface area contributed by atoms with Gasteiger partial charge in [0, 0.05) is 0 Å². The molecule has 0 aliphatic heterocycles. The number of unbranched alkanes of at least 4 members (excludes halogenated alkanes) is 2. The Hall–Kier alpha value is -0.210. The third-order valence-electron chi connectivity index (χ3n) is 12.1. The normalized spacial score (nSPS) is 42.7. The van der Waals surface area contributed by atoms with E-state index < -0.39 is 18.5 Å². The van der Waals surface area contributed by atoms with Crippen molar-refractivity contribution in [2.75, 3.05) is 0 Å². The quantitative estimate of drug-likeness (QED) is 0.217. The highest BCUT2D eigenvalue weighted by Gasteiger charge is 2.44. The first-order valence-electron chi connectivity index (χ1n) is 17.4. The Morgan fingerprint density at radius 2 is 1.08 bits per heavy atom. The maximum atomic E-state index is 15.3. The van der Waals surface area contributed by atoms with Crippen LogP contribution in [0.15, 0.2) is 0 Å². The molecule has 0 nitrogen and oxygen atoms in total. The molecule has 7 atom stereocenters. The molecule has 4 rings (SSSR count). The summed E-state index contributed by atoms with van der Waals surface area (Å²) in [5.41, 5.74) is 0. The molecule has 0 spiro atoms. The summed E-state index contributed by atoms with van der Waals surface area (Å²) < 4.78 is 45.3. The summed E-state index contributed by atoms with van der Waals surface area (Å²) in [6, 6.07) is 0. The van der Waals surface area contributed by atoms with Crippen LogP contribution in [0.5, 0.6) is 0 Å². The number of alkyl halides is 3. The van der Waals surface area contributed by atoms with Gasteiger partial charge in [0.25, 0.3) is 0 Å². The van der Waals surface area contributed by atoms with E-state index in [1.54, 1.807) is 0 Å². The second-order valence-electron chi connectivity index (χ2n) is 14.5. The van der Waals surface area contributed by atoms with E-state index in [0.29, 0.717) is 17.8 Å². The van der Waals surface area contributed by atoms with Gasteiger partial charge in [0.2, 0.25) is 0 Å². The van der Waals surface area contributed by atoms with E-state index in [4.69, 9.17) is 0 Å². The van der Waals surface area contributed by atoms with Gasteiger partial charge >= 0.3 is 0 Å². The Kier molecular flexibility index (Phi) is 12.7. The summed E-state index contributed by atoms with van der Waals surface area (Å²) in [5.74, 6) is 3.61. The van der Waals surface area contributed by atoms with Gasteiger partial charge in [-0.3, -0.25) is 0 Å². The fraction of sp³-hybridized carbons (Fsp3) is 1.00. The Balaban J connectivity index is 1.10. The minimum atomic E-state index is -1.23. The van der Waals surface area contributed by atoms with Crippen LogP contribution in [-0.4, -0.2) is 18.5 Å². The van der Waals surface area contributed by atoms with Crippen LogP contribution in [0.2, 0.25) is 0 Å². The van der Waals surface area contributed by atoms with Gasteiger partial charge in [0.1, 0.15) is 18.5 Å². The molecular weight excluding hydrogens is 477 g/mol. The van der Waals surface area contributed by atoms with Crippen LogP contribution >= 0.6 is 0 Å². The lowest BCUT2D eigenvalue weighted by atomic mass is 9.66. The maximum absolute atomic E-state index is 15.3. The minimum Gasteiger partial charge on any atom is -0.247 e. The van der Waals surface area contributed by atoms with Crippen molar-refractivity contribution in [1.82, 2.24) is 0 Å². The molecule has 38 heavy (non-hydrogen) atoms. The first-order chi connectivity index (χ1) is 18.5. The summed E-state index contributed by atoms with van der Waals surface area (Å²) in [7, 11) is 0. The number of halogens is 3. The lowest BCUT2D eigenvalue weighted by molar-refractivity contribution is -0.0151. The van der Waals surface area contributed by atoms with Crippen LogP contribution in [0.1, 0.15) is 155 Å². The van der Waals surface area contributed by atoms with Gasteiger partial charge in [0.15, 0.2) is 0 Å². The Labute approximate surface area is 234 Å². The van der Waals surface area contributed by atoms with Crippen molar-refractivity contribution in [3.05, 3.63) is 0 Å². The second kappa shape index (κ2) is 15.7. The third kappa shape index (κ3) is 8.41. The minimum absolute atomic E-state index is 0.0190. The molecule has 6 unspecified atom stereocenters. The summed E-state index contributed by atoms with van der Waals surface area (Å²) >= 11 is 0. The predicted molar refractivity (Wildman–Crippen MR) is 156 cm³/mol. The van der Waals surface area contributed by atoms with Crippen molar-refractivity contribution < 1.29 is 13.2 Å². The van der Waals surface area contributed by atoms with Gasteiger partial charge in [-0.25, -0.2) is 13.2 Å². The van der Waals surface area contributed by atoms with E-state index >= 15 is 8.78 Å². The standard InChI is InChI=1S/C35H61F3/c1-3-5-6-10-29-20-21-31(24-33(29)36)27-16-12-26(13-17-27)9-7-11-30-22-23-32(35(38)34(30)37)28-18-14-25(8-4-2)15-19-28/h25-35H,3-24H2,1-2H3/t25?,26?,27?,28?,29?,30?,31?,32?,33?,34?,35-/m1/s1. The van der Waals surface area contributed by atoms with Crippen LogP contribution in [-0.2, 0) is 0 Å². The number of hydrogen-bond donors (Lipinski definition) is 0. The van der Waals surface area contributed by atoms with Crippen molar-refractivity contribution in [2.24, 2.45) is 47.3 Å². The van der Waals surface area contributed by atoms with Gasteiger partial charge in [-0.1, -0.05) is 84.5 Å². The zero-order chi connectivity index (χ0) is 26.9. The molecule has 222 valence electrons. The van der Waals surface area contributed by atoms with Crippen LogP contribution in [0.4, 0.5) is 13.2 Å². The fourth-order valence-electron chi connectivity index (χ4n) is 9.57. The molecule has 3 heteroatoms. The first kappa shape index (κ1) is 30.7. The topological polar surface area (TPSA) is 0 Å². The highest BCUT2D eigenvalue weighted by molar-refractivity contribution is 4.93. The van der Waals surface area contributed by atoms with Gasteiger partial charge in [0.05, 0.1) is 0 Å². The van der Waals surface area contributed by atoms with Gasteiger partial charge in [-0.15, -0.1) is 0 Å². The van der Waals surface area contributed by atoms with Crippen LogP contribution < -0.4 is 0 Å². The molecule has 0 saturated heterocycles. The molecule has 0 amide bonds. The van der Waals surface area contributed by atoms with Gasteiger partial charge in [-0.05, 0) is 118 Å². The monoisotopic (exact) mass is 538 g/mol. The summed E-state index contributed by atoms with van der Waals surface area (Å²) in [5, 5.41) is 0. The molecule has 0 aromatic rings. The highest BCUT2D eigenvalue weighted by atomic mass is 19.2. The van der Waals surface area contributed by atoms with Crippen molar-refractivity contribution in [1.29, 1.82) is 0 Å². The average molecular weight is 539 g/mol. The average Bonchev–Trinajstić information content (AvgIpc) is 2.93. The summed E-state index contributed by atoms with van der Waals surface area (Å²) in [6.45, 7) is 4.48. The van der Waals surface area contributed by atoms with Gasteiger partial charge < -0.3 is 0 Å². The zero-order valence-corrected chi connectivity index (χ0v) is 25.0. The van der Waals surface area contributed by atoms with E-state index in [1.807, 2.05) is 0 Å². The van der Waals surface area contributed by atoms with Crippen LogP contribution in [0.25, 0.3) is 0 Å². The van der Waals surface area contributed by atoms with Crippen molar-refractivity contribution in [2.45, 2.75) is 174 Å². The molecule has 0 aromatic heterocycles. The van der Waals surface area contributed by atoms with Crippen molar-refractivity contribution >= 4 is 0 Å². The van der Waals surface area contributed by atoms with Crippen LogP contribution in [0, 0.1) is 47.3 Å².